The first-order valence-electron chi connectivity index (χ1n) is 7.93. The van der Waals surface area contributed by atoms with Gasteiger partial charge in [-0.2, -0.15) is 0 Å². The molecule has 0 atom stereocenters. The SMILES string of the molecule is CC(C)(C)c1nnc(Sc2ccc(C(=O)Nc3ccccc3)nn2)n1N. The van der Waals surface area contributed by atoms with E-state index in [1.807, 2.05) is 39.0 Å². The van der Waals surface area contributed by atoms with E-state index >= 15 is 0 Å². The molecule has 3 aromatic rings. The molecule has 0 radical (unpaired) electrons. The summed E-state index contributed by atoms with van der Waals surface area (Å²) in [6.45, 7) is 6.03. The van der Waals surface area contributed by atoms with E-state index in [1.54, 1.807) is 24.3 Å². The monoisotopic (exact) mass is 369 g/mol. The first kappa shape index (κ1) is 17.9. The Balaban J connectivity index is 1.70. The molecule has 26 heavy (non-hydrogen) atoms. The van der Waals surface area contributed by atoms with Crippen LogP contribution in [0.15, 0.2) is 52.6 Å². The summed E-state index contributed by atoms with van der Waals surface area (Å²) in [5, 5.41) is 20.1. The molecule has 0 spiro atoms. The van der Waals surface area contributed by atoms with Crippen LogP contribution in [0.25, 0.3) is 0 Å². The second kappa shape index (κ2) is 7.12. The second-order valence-electron chi connectivity index (χ2n) is 6.61. The van der Waals surface area contributed by atoms with E-state index in [-0.39, 0.29) is 17.0 Å². The summed E-state index contributed by atoms with van der Waals surface area (Å²) in [6, 6.07) is 12.5. The van der Waals surface area contributed by atoms with Crippen molar-refractivity contribution in [2.75, 3.05) is 11.2 Å². The second-order valence-corrected chi connectivity index (χ2v) is 7.59. The van der Waals surface area contributed by atoms with Crippen molar-refractivity contribution in [3.63, 3.8) is 0 Å². The van der Waals surface area contributed by atoms with Gasteiger partial charge in [0.25, 0.3) is 5.91 Å². The maximum Gasteiger partial charge on any atom is 0.276 e. The molecule has 0 saturated heterocycles. The number of nitrogen functional groups attached to an aromatic ring is 1. The molecular formula is C17H19N7OS. The number of nitrogens with zero attached hydrogens (tertiary/aromatic N) is 5. The number of amides is 1. The molecule has 0 saturated carbocycles. The predicted molar refractivity (Wildman–Crippen MR) is 99.4 cm³/mol. The third-order valence-corrected chi connectivity index (χ3v) is 4.32. The zero-order chi connectivity index (χ0) is 18.7. The Labute approximate surface area is 155 Å². The Morgan fingerprint density at radius 1 is 1.04 bits per heavy atom. The fraction of sp³-hybridized carbons (Fsp3) is 0.235. The average Bonchev–Trinajstić information content (AvgIpc) is 2.97. The van der Waals surface area contributed by atoms with Gasteiger partial charge in [-0.15, -0.1) is 20.4 Å². The maximum absolute atomic E-state index is 12.2. The van der Waals surface area contributed by atoms with Crippen LogP contribution in [0, 0.1) is 0 Å². The Kier molecular flexibility index (Phi) is 4.90. The molecule has 0 fully saturated rings. The van der Waals surface area contributed by atoms with Crippen LogP contribution in [-0.4, -0.2) is 31.0 Å². The van der Waals surface area contributed by atoms with Crippen molar-refractivity contribution in [2.45, 2.75) is 36.4 Å². The number of benzene rings is 1. The number of rotatable bonds is 4. The Morgan fingerprint density at radius 2 is 1.77 bits per heavy atom. The van der Waals surface area contributed by atoms with Crippen molar-refractivity contribution in [1.82, 2.24) is 25.1 Å². The molecule has 1 amide bonds. The average molecular weight is 369 g/mol. The smallest absolute Gasteiger partial charge is 0.276 e. The van der Waals surface area contributed by atoms with Gasteiger partial charge >= 0.3 is 0 Å². The highest BCUT2D eigenvalue weighted by atomic mass is 32.2. The zero-order valence-electron chi connectivity index (χ0n) is 14.7. The van der Waals surface area contributed by atoms with Crippen LogP contribution < -0.4 is 11.2 Å². The summed E-state index contributed by atoms with van der Waals surface area (Å²) in [6.07, 6.45) is 0. The van der Waals surface area contributed by atoms with Crippen LogP contribution in [-0.2, 0) is 5.41 Å². The lowest BCUT2D eigenvalue weighted by Crippen LogP contribution is -2.24. The molecule has 134 valence electrons. The topological polar surface area (TPSA) is 112 Å². The molecule has 8 nitrogen and oxygen atoms in total. The van der Waals surface area contributed by atoms with E-state index in [1.165, 1.54) is 16.4 Å². The van der Waals surface area contributed by atoms with Crippen LogP contribution in [0.1, 0.15) is 37.1 Å². The lowest BCUT2D eigenvalue weighted by molar-refractivity contribution is 0.102. The summed E-state index contributed by atoms with van der Waals surface area (Å²) in [4.78, 5) is 12.2. The fourth-order valence-electron chi connectivity index (χ4n) is 2.16. The number of para-hydroxylation sites is 1. The van der Waals surface area contributed by atoms with Crippen LogP contribution in [0.4, 0.5) is 5.69 Å². The minimum absolute atomic E-state index is 0.217. The number of aromatic nitrogens is 5. The molecule has 9 heteroatoms. The molecule has 0 bridgehead atoms. The highest BCUT2D eigenvalue weighted by Gasteiger charge is 2.23. The predicted octanol–water partition coefficient (Wildman–Crippen LogP) is 2.48. The number of carbonyl (C=O) groups excluding carboxylic acids is 1. The molecule has 1 aromatic carbocycles. The van der Waals surface area contributed by atoms with Crippen LogP contribution in [0.5, 0.6) is 0 Å². The Morgan fingerprint density at radius 3 is 2.35 bits per heavy atom. The highest BCUT2D eigenvalue weighted by Crippen LogP contribution is 2.27. The van der Waals surface area contributed by atoms with Crippen molar-refractivity contribution in [1.29, 1.82) is 0 Å². The van der Waals surface area contributed by atoms with Crippen molar-refractivity contribution in [3.05, 3.63) is 54.0 Å². The molecule has 0 aliphatic rings. The van der Waals surface area contributed by atoms with E-state index in [4.69, 9.17) is 5.84 Å². The van der Waals surface area contributed by atoms with Gasteiger partial charge in [-0.05, 0) is 36.0 Å². The van der Waals surface area contributed by atoms with Gasteiger partial charge in [0, 0.05) is 11.1 Å². The summed E-state index contributed by atoms with van der Waals surface area (Å²) < 4.78 is 1.45. The Bertz CT molecular complexity index is 901. The molecule has 3 rings (SSSR count). The van der Waals surface area contributed by atoms with E-state index in [0.717, 1.165) is 0 Å². The van der Waals surface area contributed by atoms with Gasteiger partial charge in [0.2, 0.25) is 5.16 Å². The first-order valence-corrected chi connectivity index (χ1v) is 8.75. The minimum Gasteiger partial charge on any atom is -0.336 e. The zero-order valence-corrected chi connectivity index (χ0v) is 15.5. The molecule has 2 aromatic heterocycles. The maximum atomic E-state index is 12.2. The van der Waals surface area contributed by atoms with Crippen molar-refractivity contribution in [3.8, 4) is 0 Å². The fourth-order valence-corrected chi connectivity index (χ4v) is 2.84. The number of hydrogen-bond acceptors (Lipinski definition) is 7. The standard InChI is InChI=1S/C17H19N7OS/c1-17(2,3)15-22-23-16(24(15)18)26-13-10-9-12(20-21-13)14(25)19-11-7-5-4-6-8-11/h4-10H,18H2,1-3H3,(H,19,25). The normalized spacial score (nSPS) is 11.3. The van der Waals surface area contributed by atoms with Gasteiger partial charge in [0.15, 0.2) is 11.5 Å². The number of carbonyl (C=O) groups is 1. The molecule has 0 aliphatic carbocycles. The van der Waals surface area contributed by atoms with Gasteiger partial charge in [-0.3, -0.25) is 4.79 Å². The van der Waals surface area contributed by atoms with Crippen LogP contribution >= 0.6 is 11.8 Å². The third kappa shape index (κ3) is 3.99. The summed E-state index contributed by atoms with van der Waals surface area (Å²) in [5.74, 6) is 6.41. The molecule has 2 heterocycles. The summed E-state index contributed by atoms with van der Waals surface area (Å²) >= 11 is 1.23. The van der Waals surface area contributed by atoms with E-state index in [0.29, 0.717) is 21.7 Å². The van der Waals surface area contributed by atoms with Crippen LogP contribution in [0.3, 0.4) is 0 Å². The van der Waals surface area contributed by atoms with Gasteiger partial charge in [-0.1, -0.05) is 39.0 Å². The minimum atomic E-state index is -0.322. The molecule has 3 N–H and O–H groups in total. The highest BCUT2D eigenvalue weighted by molar-refractivity contribution is 7.99. The Hall–Kier alpha value is -2.94. The summed E-state index contributed by atoms with van der Waals surface area (Å²) in [7, 11) is 0. The number of anilines is 1. The number of nitrogens with two attached hydrogens (primary N) is 1. The first-order chi connectivity index (χ1) is 12.3. The number of nitrogens with one attached hydrogen (secondary N) is 1. The van der Waals surface area contributed by atoms with Crippen molar-refractivity contribution < 1.29 is 4.79 Å². The van der Waals surface area contributed by atoms with E-state index in [9.17, 15) is 4.79 Å². The molecule has 0 aliphatic heterocycles. The van der Waals surface area contributed by atoms with E-state index in [2.05, 4.69) is 25.7 Å². The summed E-state index contributed by atoms with van der Waals surface area (Å²) in [5.41, 5.74) is 0.706. The molecule has 0 unspecified atom stereocenters. The lowest BCUT2D eigenvalue weighted by atomic mass is 9.96. The lowest BCUT2D eigenvalue weighted by Gasteiger charge is -2.16. The number of hydrogen-bond donors (Lipinski definition) is 2. The van der Waals surface area contributed by atoms with Crippen molar-refractivity contribution in [2.24, 2.45) is 0 Å². The third-order valence-electron chi connectivity index (χ3n) is 3.44. The van der Waals surface area contributed by atoms with Gasteiger partial charge < -0.3 is 11.2 Å². The van der Waals surface area contributed by atoms with Gasteiger partial charge in [0.1, 0.15) is 5.03 Å². The molecular weight excluding hydrogens is 350 g/mol. The largest absolute Gasteiger partial charge is 0.336 e. The van der Waals surface area contributed by atoms with Gasteiger partial charge in [-0.25, -0.2) is 4.68 Å². The van der Waals surface area contributed by atoms with Gasteiger partial charge in [0.05, 0.1) is 0 Å². The quantitative estimate of drug-likeness (QED) is 0.679. The van der Waals surface area contributed by atoms with Crippen molar-refractivity contribution >= 4 is 23.4 Å². The van der Waals surface area contributed by atoms with Crippen LogP contribution in [0.2, 0.25) is 0 Å². The van der Waals surface area contributed by atoms with E-state index < -0.39 is 0 Å².